The molecule has 0 aliphatic heterocycles. The first kappa shape index (κ1) is 33.6. The number of sulfonamides is 1. The van der Waals surface area contributed by atoms with Gasteiger partial charge in [0.15, 0.2) is 0 Å². The zero-order valence-corrected chi connectivity index (χ0v) is 26.8. The Morgan fingerprint density at radius 2 is 1.64 bits per heavy atom. The number of fused-ring (bicyclic) bond motifs is 5. The number of carbonyl (C=O) groups is 1. The number of aliphatic hydroxyl groups is 2. The van der Waals surface area contributed by atoms with Gasteiger partial charge in [0.1, 0.15) is 6.17 Å². The van der Waals surface area contributed by atoms with Crippen molar-refractivity contribution in [3.05, 3.63) is 29.8 Å². The molecule has 0 saturated heterocycles. The van der Waals surface area contributed by atoms with Crippen LogP contribution in [0.4, 0.5) is 17.6 Å². The second-order valence-electron chi connectivity index (χ2n) is 14.7. The molecule has 0 aromatic heterocycles. The van der Waals surface area contributed by atoms with Crippen molar-refractivity contribution in [3.8, 4) is 0 Å². The fraction of sp³-hybridized carbons (Fsp3) is 0.788. The summed E-state index contributed by atoms with van der Waals surface area (Å²) in [5.41, 5.74) is -1.32. The van der Waals surface area contributed by atoms with Gasteiger partial charge in [0, 0.05) is 12.3 Å². The van der Waals surface area contributed by atoms with Crippen molar-refractivity contribution in [1.82, 2.24) is 4.72 Å². The molecule has 6 nitrogen and oxygen atoms in total. The molecule has 3 N–H and O–H groups in total. The molecule has 7 unspecified atom stereocenters. The second kappa shape index (κ2) is 11.8. The van der Waals surface area contributed by atoms with E-state index in [1.54, 1.807) is 0 Å². The van der Waals surface area contributed by atoms with E-state index < -0.39 is 50.9 Å². The Bertz CT molecular complexity index is 1320. The third-order valence-electron chi connectivity index (χ3n) is 12.7. The van der Waals surface area contributed by atoms with Crippen LogP contribution in [0.5, 0.6) is 0 Å². The third-order valence-corrected chi connectivity index (χ3v) is 14.1. The van der Waals surface area contributed by atoms with Gasteiger partial charge in [-0.15, -0.1) is 0 Å². The van der Waals surface area contributed by atoms with Crippen LogP contribution in [-0.4, -0.2) is 42.9 Å². The summed E-state index contributed by atoms with van der Waals surface area (Å²) in [5, 5.41) is 22.2. The molecule has 1 aromatic rings. The molecular weight excluding hydrogens is 598 g/mol. The van der Waals surface area contributed by atoms with Crippen LogP contribution in [0.15, 0.2) is 29.2 Å². The summed E-state index contributed by atoms with van der Waals surface area (Å²) in [5.74, 6) is -0.395. The highest BCUT2D eigenvalue weighted by molar-refractivity contribution is 7.90. The fourth-order valence-corrected chi connectivity index (χ4v) is 11.6. The van der Waals surface area contributed by atoms with Gasteiger partial charge in [0.05, 0.1) is 22.7 Å². The van der Waals surface area contributed by atoms with Crippen molar-refractivity contribution in [2.45, 2.75) is 115 Å². The first-order valence-corrected chi connectivity index (χ1v) is 17.7. The van der Waals surface area contributed by atoms with E-state index in [4.69, 9.17) is 0 Å². The fourth-order valence-electron chi connectivity index (χ4n) is 10.6. The summed E-state index contributed by atoms with van der Waals surface area (Å²) < 4.78 is 81.4. The normalized spacial score (nSPS) is 41.3. The Hall–Kier alpha value is -1.72. The van der Waals surface area contributed by atoms with Crippen molar-refractivity contribution in [1.29, 1.82) is 0 Å². The molecule has 4 fully saturated rings. The van der Waals surface area contributed by atoms with Gasteiger partial charge in [-0.1, -0.05) is 34.1 Å². The zero-order chi connectivity index (χ0) is 32.4. The lowest BCUT2D eigenvalue weighted by atomic mass is 9.41. The molecule has 0 spiro atoms. The Labute approximate surface area is 258 Å². The second-order valence-corrected chi connectivity index (χ2v) is 16.4. The molecule has 0 bridgehead atoms. The van der Waals surface area contributed by atoms with Crippen LogP contribution < -0.4 is 4.72 Å². The Morgan fingerprint density at radius 1 is 1.02 bits per heavy atom. The predicted molar refractivity (Wildman–Crippen MR) is 157 cm³/mol. The SMILES string of the molecule is CCC1C(O)C2C3CCC([C@H](C)CCC(=O)NS(=O)(=O)c4ccc(C(F)(F)F)cc4)[C@@]3(C)CCC2[C@@]2(C)CC[C@@H](O)[C@H](F)C12. The van der Waals surface area contributed by atoms with E-state index in [1.165, 1.54) is 0 Å². The van der Waals surface area contributed by atoms with Gasteiger partial charge in [0.25, 0.3) is 10.0 Å². The van der Waals surface area contributed by atoms with E-state index in [0.29, 0.717) is 31.4 Å². The summed E-state index contributed by atoms with van der Waals surface area (Å²) in [4.78, 5) is 12.3. The van der Waals surface area contributed by atoms with E-state index >= 15 is 4.39 Å². The monoisotopic (exact) mass is 645 g/mol. The topological polar surface area (TPSA) is 104 Å². The summed E-state index contributed by atoms with van der Waals surface area (Å²) in [6.45, 7) is 8.58. The van der Waals surface area contributed by atoms with Crippen LogP contribution in [0.3, 0.4) is 0 Å². The van der Waals surface area contributed by atoms with Crippen molar-refractivity contribution in [2.75, 3.05) is 0 Å². The highest BCUT2D eigenvalue weighted by Gasteiger charge is 2.66. The number of alkyl halides is 4. The number of benzene rings is 1. The lowest BCUT2D eigenvalue weighted by Gasteiger charge is -2.65. The Morgan fingerprint density at radius 3 is 2.25 bits per heavy atom. The molecule has 12 atom stereocenters. The maximum absolute atomic E-state index is 15.6. The molecule has 4 saturated carbocycles. The van der Waals surface area contributed by atoms with E-state index in [1.807, 2.05) is 11.6 Å². The molecule has 11 heteroatoms. The molecule has 0 radical (unpaired) electrons. The maximum atomic E-state index is 15.6. The molecular formula is C33H47F4NO5S. The number of hydrogen-bond donors (Lipinski definition) is 3. The van der Waals surface area contributed by atoms with E-state index in [-0.39, 0.29) is 58.7 Å². The van der Waals surface area contributed by atoms with Crippen LogP contribution >= 0.6 is 0 Å². The minimum atomic E-state index is -4.60. The first-order chi connectivity index (χ1) is 20.5. The molecule has 1 amide bonds. The lowest BCUT2D eigenvalue weighted by molar-refractivity contribution is -0.222. The number of nitrogens with one attached hydrogen (secondary N) is 1. The Balaban J connectivity index is 1.25. The van der Waals surface area contributed by atoms with Crippen molar-refractivity contribution >= 4 is 15.9 Å². The van der Waals surface area contributed by atoms with E-state index in [2.05, 4.69) is 20.8 Å². The zero-order valence-electron chi connectivity index (χ0n) is 26.0. The quantitative estimate of drug-likeness (QED) is 0.294. The molecule has 5 rings (SSSR count). The molecule has 248 valence electrons. The van der Waals surface area contributed by atoms with Crippen molar-refractivity contribution < 1.29 is 41.0 Å². The smallest absolute Gasteiger partial charge is 0.393 e. The standard InChI is InChI=1S/C33H47F4NO5S/c1-5-21-28-29(34)25(39)15-17-32(28,4)24-14-16-31(3)22(11-12-23(31)27(24)30(21)41)18(2)6-13-26(40)38-44(42,43)20-9-7-19(8-10-20)33(35,36)37/h7-10,18,21-25,27-30,39,41H,5-6,11-17H2,1-4H3,(H,38,40)/t18-,21?,22?,23?,24?,25-,27?,28?,29+,30?,31-,32-/m1/s1. The number of amides is 1. The molecule has 0 heterocycles. The third kappa shape index (κ3) is 5.61. The highest BCUT2D eigenvalue weighted by atomic mass is 32.2. The average Bonchev–Trinajstić information content (AvgIpc) is 3.31. The Kier molecular flexibility index (Phi) is 9.04. The minimum absolute atomic E-state index is 0.0369. The summed E-state index contributed by atoms with van der Waals surface area (Å²) in [6.07, 6.45) is -1.54. The van der Waals surface area contributed by atoms with Gasteiger partial charge in [0.2, 0.25) is 5.91 Å². The van der Waals surface area contributed by atoms with Crippen molar-refractivity contribution in [2.24, 2.45) is 52.3 Å². The number of carbonyl (C=O) groups excluding carboxylic acids is 1. The molecule has 1 aromatic carbocycles. The average molecular weight is 646 g/mol. The van der Waals surface area contributed by atoms with E-state index in [0.717, 1.165) is 44.2 Å². The molecule has 4 aliphatic carbocycles. The van der Waals surface area contributed by atoms with Gasteiger partial charge in [-0.05, 0) is 116 Å². The molecule has 4 aliphatic rings. The lowest BCUT2D eigenvalue weighted by Crippen LogP contribution is -2.65. The number of aliphatic hydroxyl groups excluding tert-OH is 2. The van der Waals surface area contributed by atoms with Gasteiger partial charge < -0.3 is 10.2 Å². The number of halogens is 4. The van der Waals surface area contributed by atoms with Gasteiger partial charge in [-0.2, -0.15) is 13.2 Å². The van der Waals surface area contributed by atoms with Crippen LogP contribution in [0.2, 0.25) is 0 Å². The van der Waals surface area contributed by atoms with Gasteiger partial charge >= 0.3 is 6.18 Å². The minimum Gasteiger partial charge on any atom is -0.393 e. The highest BCUT2D eigenvalue weighted by Crippen LogP contribution is 2.69. The largest absolute Gasteiger partial charge is 0.416 e. The van der Waals surface area contributed by atoms with E-state index in [9.17, 15) is 36.6 Å². The van der Waals surface area contributed by atoms with Crippen LogP contribution in [0, 0.1) is 52.3 Å². The predicted octanol–water partition coefficient (Wildman–Crippen LogP) is 6.50. The maximum Gasteiger partial charge on any atom is 0.416 e. The first-order valence-electron chi connectivity index (χ1n) is 16.2. The van der Waals surface area contributed by atoms with Crippen LogP contribution in [0.1, 0.15) is 91.0 Å². The van der Waals surface area contributed by atoms with Crippen LogP contribution in [0.25, 0.3) is 0 Å². The van der Waals surface area contributed by atoms with Crippen LogP contribution in [-0.2, 0) is 21.0 Å². The summed E-state index contributed by atoms with van der Waals surface area (Å²) in [7, 11) is -4.31. The van der Waals surface area contributed by atoms with Gasteiger partial charge in [-0.3, -0.25) is 4.79 Å². The summed E-state index contributed by atoms with van der Waals surface area (Å²) >= 11 is 0. The molecule has 44 heavy (non-hydrogen) atoms. The van der Waals surface area contributed by atoms with Crippen molar-refractivity contribution in [3.63, 3.8) is 0 Å². The van der Waals surface area contributed by atoms with Gasteiger partial charge in [-0.25, -0.2) is 17.5 Å². The number of hydrogen-bond acceptors (Lipinski definition) is 5. The number of rotatable bonds is 7. The summed E-state index contributed by atoms with van der Waals surface area (Å²) in [6, 6.07) is 3.02.